The zero-order valence-electron chi connectivity index (χ0n) is 19.8. The van der Waals surface area contributed by atoms with Gasteiger partial charge in [-0.2, -0.15) is 9.78 Å². The van der Waals surface area contributed by atoms with Crippen molar-refractivity contribution in [3.63, 3.8) is 0 Å². The summed E-state index contributed by atoms with van der Waals surface area (Å²) in [7, 11) is 1.56. The van der Waals surface area contributed by atoms with Gasteiger partial charge in [0.1, 0.15) is 12.4 Å². The number of nitrogens with zero attached hydrogens (tertiary/aromatic N) is 3. The fourth-order valence-electron chi connectivity index (χ4n) is 3.83. The number of halogens is 3. The maximum atomic E-state index is 13.2. The SMILES string of the molecule is CCc1nc2ccc(Br)cc2c(=O)n1N=Cc1cc(OC)c(OCc2ccc3c(c2)OCO3)c(Br)c1Br. The van der Waals surface area contributed by atoms with E-state index in [0.29, 0.717) is 67.3 Å². The molecule has 0 unspecified atom stereocenters. The van der Waals surface area contributed by atoms with Crippen LogP contribution in [0.1, 0.15) is 23.9 Å². The highest BCUT2D eigenvalue weighted by Gasteiger charge is 2.19. The largest absolute Gasteiger partial charge is 0.493 e. The molecule has 190 valence electrons. The fraction of sp³-hybridized carbons (Fsp3) is 0.192. The van der Waals surface area contributed by atoms with Gasteiger partial charge in [0.05, 0.1) is 28.7 Å². The first-order valence-electron chi connectivity index (χ1n) is 11.2. The van der Waals surface area contributed by atoms with E-state index in [1.165, 1.54) is 4.68 Å². The zero-order chi connectivity index (χ0) is 26.1. The Kier molecular flexibility index (Phi) is 7.55. The third kappa shape index (κ3) is 5.12. The van der Waals surface area contributed by atoms with E-state index >= 15 is 0 Å². The van der Waals surface area contributed by atoms with Crippen LogP contribution in [-0.2, 0) is 13.0 Å². The van der Waals surface area contributed by atoms with Gasteiger partial charge in [-0.15, -0.1) is 0 Å². The Morgan fingerprint density at radius 2 is 1.89 bits per heavy atom. The minimum absolute atomic E-state index is 0.216. The van der Waals surface area contributed by atoms with Gasteiger partial charge in [0, 0.05) is 20.9 Å². The first kappa shape index (κ1) is 25.7. The Labute approximate surface area is 237 Å². The van der Waals surface area contributed by atoms with Gasteiger partial charge in [0.25, 0.3) is 5.56 Å². The average Bonchev–Trinajstić information content (AvgIpc) is 3.38. The normalized spacial score (nSPS) is 12.5. The first-order valence-corrected chi connectivity index (χ1v) is 13.6. The smallest absolute Gasteiger partial charge is 0.282 e. The van der Waals surface area contributed by atoms with Crippen molar-refractivity contribution < 1.29 is 18.9 Å². The molecule has 1 aliphatic rings. The number of rotatable bonds is 7. The molecule has 0 bridgehead atoms. The maximum absolute atomic E-state index is 13.2. The number of methoxy groups -OCH3 is 1. The predicted molar refractivity (Wildman–Crippen MR) is 151 cm³/mol. The highest BCUT2D eigenvalue weighted by molar-refractivity contribution is 9.13. The van der Waals surface area contributed by atoms with E-state index < -0.39 is 0 Å². The van der Waals surface area contributed by atoms with Crippen LogP contribution in [-0.4, -0.2) is 29.8 Å². The van der Waals surface area contributed by atoms with Gasteiger partial charge in [0.15, 0.2) is 23.0 Å². The van der Waals surface area contributed by atoms with Gasteiger partial charge >= 0.3 is 0 Å². The van der Waals surface area contributed by atoms with Crippen LogP contribution < -0.4 is 24.5 Å². The van der Waals surface area contributed by atoms with Gasteiger partial charge in [-0.25, -0.2) is 4.98 Å². The highest BCUT2D eigenvalue weighted by atomic mass is 79.9. The third-order valence-electron chi connectivity index (χ3n) is 5.70. The molecule has 1 aromatic heterocycles. The van der Waals surface area contributed by atoms with Crippen molar-refractivity contribution in [3.8, 4) is 23.0 Å². The fourth-order valence-corrected chi connectivity index (χ4v) is 5.13. The second-order valence-electron chi connectivity index (χ2n) is 8.01. The van der Waals surface area contributed by atoms with Gasteiger partial charge < -0.3 is 18.9 Å². The molecule has 0 saturated heterocycles. The van der Waals surface area contributed by atoms with Crippen LogP contribution in [0.2, 0.25) is 0 Å². The molecular weight excluding hydrogens is 674 g/mol. The van der Waals surface area contributed by atoms with Crippen LogP contribution in [0.3, 0.4) is 0 Å². The minimum atomic E-state index is -0.245. The number of benzene rings is 3. The molecule has 5 rings (SSSR count). The summed E-state index contributed by atoms with van der Waals surface area (Å²) >= 11 is 10.6. The summed E-state index contributed by atoms with van der Waals surface area (Å²) in [5, 5.41) is 4.97. The Balaban J connectivity index is 1.47. The van der Waals surface area contributed by atoms with E-state index in [4.69, 9.17) is 18.9 Å². The van der Waals surface area contributed by atoms with E-state index in [2.05, 4.69) is 57.9 Å². The lowest BCUT2D eigenvalue weighted by Crippen LogP contribution is -2.22. The van der Waals surface area contributed by atoms with Gasteiger partial charge in [-0.1, -0.05) is 28.9 Å². The lowest BCUT2D eigenvalue weighted by atomic mass is 10.2. The Bertz CT molecular complexity index is 1600. The van der Waals surface area contributed by atoms with Crippen LogP contribution in [0.25, 0.3) is 10.9 Å². The van der Waals surface area contributed by atoms with Crippen molar-refractivity contribution in [2.24, 2.45) is 5.10 Å². The summed E-state index contributed by atoms with van der Waals surface area (Å²) < 4.78 is 26.0. The third-order valence-corrected chi connectivity index (χ3v) is 8.34. The summed E-state index contributed by atoms with van der Waals surface area (Å²) in [6.07, 6.45) is 2.13. The van der Waals surface area contributed by atoms with Crippen molar-refractivity contribution in [2.45, 2.75) is 20.0 Å². The second-order valence-corrected chi connectivity index (χ2v) is 10.5. The lowest BCUT2D eigenvalue weighted by molar-refractivity contribution is 0.174. The standard InChI is InChI=1S/C26H20Br3N3O5/c1-3-22-31-18-6-5-16(27)10-17(18)26(33)32(22)30-11-15-9-21(34-2)25(24(29)23(15)28)35-12-14-4-7-19-20(8-14)37-13-36-19/h4-11H,3,12-13H2,1-2H3. The molecule has 0 aliphatic carbocycles. The molecule has 11 heteroatoms. The number of hydrogen-bond acceptors (Lipinski definition) is 7. The number of aryl methyl sites for hydroxylation is 1. The molecule has 3 aromatic carbocycles. The predicted octanol–water partition coefficient (Wildman–Crippen LogP) is 6.44. The van der Waals surface area contributed by atoms with Crippen LogP contribution in [0.4, 0.5) is 0 Å². The van der Waals surface area contributed by atoms with E-state index in [0.717, 1.165) is 10.0 Å². The van der Waals surface area contributed by atoms with Gasteiger partial charge in [-0.05, 0) is 73.8 Å². The summed E-state index contributed by atoms with van der Waals surface area (Å²) in [6.45, 7) is 2.44. The highest BCUT2D eigenvalue weighted by Crippen LogP contribution is 2.43. The maximum Gasteiger partial charge on any atom is 0.282 e. The number of hydrogen-bond donors (Lipinski definition) is 0. The van der Waals surface area contributed by atoms with Crippen LogP contribution in [0.15, 0.2) is 65.8 Å². The summed E-state index contributed by atoms with van der Waals surface area (Å²) in [5.41, 5.74) is 1.99. The van der Waals surface area contributed by atoms with E-state index in [1.807, 2.05) is 37.3 Å². The molecular formula is C26H20Br3N3O5. The summed E-state index contributed by atoms with van der Waals surface area (Å²) in [5.74, 6) is 2.99. The van der Waals surface area contributed by atoms with Crippen LogP contribution in [0, 0.1) is 0 Å². The molecule has 2 heterocycles. The first-order chi connectivity index (χ1) is 17.9. The van der Waals surface area contributed by atoms with Gasteiger partial charge in [0.2, 0.25) is 6.79 Å². The second kappa shape index (κ2) is 10.8. The molecule has 1 aliphatic heterocycles. The van der Waals surface area contributed by atoms with Gasteiger partial charge in [-0.3, -0.25) is 4.79 Å². The minimum Gasteiger partial charge on any atom is -0.493 e. The van der Waals surface area contributed by atoms with Crippen LogP contribution >= 0.6 is 47.8 Å². The van der Waals surface area contributed by atoms with Crippen molar-refractivity contribution in [2.75, 3.05) is 13.9 Å². The zero-order valence-corrected chi connectivity index (χ0v) is 24.5. The average molecular weight is 694 g/mol. The summed E-state index contributed by atoms with van der Waals surface area (Å²) in [4.78, 5) is 17.8. The summed E-state index contributed by atoms with van der Waals surface area (Å²) in [6, 6.07) is 12.9. The molecule has 4 aromatic rings. The number of ether oxygens (including phenoxy) is 4. The number of fused-ring (bicyclic) bond motifs is 2. The molecule has 0 fully saturated rings. The molecule has 0 N–H and O–H groups in total. The molecule has 8 nitrogen and oxygen atoms in total. The van der Waals surface area contributed by atoms with Crippen molar-refractivity contribution in [3.05, 3.63) is 83.2 Å². The van der Waals surface area contributed by atoms with Crippen molar-refractivity contribution in [1.82, 2.24) is 9.66 Å². The Hall–Kier alpha value is -2.89. The monoisotopic (exact) mass is 691 g/mol. The van der Waals surface area contributed by atoms with E-state index in [1.54, 1.807) is 25.5 Å². The quantitative estimate of drug-likeness (QED) is 0.207. The lowest BCUT2D eigenvalue weighted by Gasteiger charge is -2.15. The molecule has 0 radical (unpaired) electrons. The van der Waals surface area contributed by atoms with Crippen molar-refractivity contribution in [1.29, 1.82) is 0 Å². The Morgan fingerprint density at radius 1 is 1.08 bits per heavy atom. The molecule has 37 heavy (non-hydrogen) atoms. The molecule has 0 spiro atoms. The molecule has 0 amide bonds. The topological polar surface area (TPSA) is 84.2 Å². The van der Waals surface area contributed by atoms with Crippen LogP contribution in [0.5, 0.6) is 23.0 Å². The van der Waals surface area contributed by atoms with Crippen molar-refractivity contribution >= 4 is 64.9 Å². The van der Waals surface area contributed by atoms with E-state index in [-0.39, 0.29) is 12.4 Å². The molecule has 0 atom stereocenters. The Morgan fingerprint density at radius 3 is 2.68 bits per heavy atom. The molecule has 0 saturated carbocycles. The van der Waals surface area contributed by atoms with E-state index in [9.17, 15) is 4.79 Å². The number of aromatic nitrogens is 2.